The summed E-state index contributed by atoms with van der Waals surface area (Å²) in [6.07, 6.45) is 9.26. The smallest absolute Gasteiger partial charge is 0.126 e. The van der Waals surface area contributed by atoms with Crippen LogP contribution < -0.4 is 16.6 Å². The Labute approximate surface area is 120 Å². The second kappa shape index (κ2) is 4.92. The van der Waals surface area contributed by atoms with E-state index in [1.165, 1.54) is 32.1 Å². The molecule has 1 heterocycles. The van der Waals surface area contributed by atoms with Gasteiger partial charge in [-0.25, -0.2) is 4.98 Å². The molecule has 0 amide bonds. The number of hydrogen-bond acceptors (Lipinski definition) is 4. The molecule has 0 spiro atoms. The van der Waals surface area contributed by atoms with E-state index in [1.807, 2.05) is 12.1 Å². The van der Waals surface area contributed by atoms with Gasteiger partial charge in [-0.3, -0.25) is 5.84 Å². The third-order valence-electron chi connectivity index (χ3n) is 5.87. The number of nitrogens with two attached hydrogens (primary N) is 1. The van der Waals surface area contributed by atoms with Crippen LogP contribution in [0.2, 0.25) is 0 Å². The number of nitrogens with zero attached hydrogens (tertiary/aromatic N) is 1. The first-order chi connectivity index (χ1) is 9.81. The molecule has 4 fully saturated rings. The van der Waals surface area contributed by atoms with E-state index in [-0.39, 0.29) is 0 Å². The maximum Gasteiger partial charge on any atom is 0.126 e. The van der Waals surface area contributed by atoms with Crippen molar-refractivity contribution in [1.82, 2.24) is 4.98 Å². The van der Waals surface area contributed by atoms with Crippen molar-refractivity contribution in [3.8, 4) is 0 Å². The lowest BCUT2D eigenvalue weighted by Gasteiger charge is -2.54. The molecule has 0 saturated heterocycles. The second-order valence-corrected chi connectivity index (χ2v) is 7.05. The summed E-state index contributed by atoms with van der Waals surface area (Å²) in [5.74, 6) is 11.3. The molecule has 0 atom stereocenters. The molecule has 5 rings (SSSR count). The summed E-state index contributed by atoms with van der Waals surface area (Å²) in [4.78, 5) is 4.40. The fourth-order valence-electron chi connectivity index (χ4n) is 5.18. The molecule has 4 aliphatic rings. The quantitative estimate of drug-likeness (QED) is 0.582. The summed E-state index contributed by atoms with van der Waals surface area (Å²) in [5.41, 5.74) is 3.46. The minimum atomic E-state index is 0.852. The van der Waals surface area contributed by atoms with Gasteiger partial charge in [0.05, 0.1) is 11.9 Å². The number of hydrogen-bond donors (Lipinski definition) is 3. The van der Waals surface area contributed by atoms with Gasteiger partial charge in [0.2, 0.25) is 0 Å². The van der Waals surface area contributed by atoms with Crippen LogP contribution in [-0.4, -0.2) is 11.5 Å². The van der Waals surface area contributed by atoms with Crippen molar-refractivity contribution in [2.75, 3.05) is 17.3 Å². The van der Waals surface area contributed by atoms with Crippen molar-refractivity contribution in [3.05, 3.63) is 18.3 Å². The van der Waals surface area contributed by atoms with Crippen LogP contribution in [0.1, 0.15) is 32.1 Å². The molecule has 4 nitrogen and oxygen atoms in total. The Morgan fingerprint density at radius 2 is 1.75 bits per heavy atom. The van der Waals surface area contributed by atoms with Crippen LogP contribution in [0.3, 0.4) is 0 Å². The Hall–Kier alpha value is -1.29. The zero-order valence-electron chi connectivity index (χ0n) is 11.9. The number of nitrogens with one attached hydrogen (secondary N) is 2. The van der Waals surface area contributed by atoms with E-state index in [1.54, 1.807) is 6.20 Å². The minimum Gasteiger partial charge on any atom is -0.370 e. The van der Waals surface area contributed by atoms with Crippen molar-refractivity contribution >= 4 is 11.5 Å². The number of hydrazine groups is 1. The maximum atomic E-state index is 5.36. The Morgan fingerprint density at radius 1 is 1.05 bits per heavy atom. The van der Waals surface area contributed by atoms with Crippen molar-refractivity contribution in [2.24, 2.45) is 35.4 Å². The second-order valence-electron chi connectivity index (χ2n) is 7.05. The van der Waals surface area contributed by atoms with Crippen LogP contribution in [0.15, 0.2) is 18.3 Å². The molecule has 4 bridgehead atoms. The average molecular weight is 272 g/mol. The molecule has 0 aromatic carbocycles. The van der Waals surface area contributed by atoms with Gasteiger partial charge in [0.15, 0.2) is 0 Å². The first-order valence-electron chi connectivity index (χ1n) is 7.98. The van der Waals surface area contributed by atoms with Crippen LogP contribution in [0.4, 0.5) is 11.5 Å². The van der Waals surface area contributed by atoms with E-state index in [0.717, 1.165) is 47.6 Å². The van der Waals surface area contributed by atoms with Gasteiger partial charge in [0.1, 0.15) is 5.82 Å². The fraction of sp³-hybridized carbons (Fsp3) is 0.688. The Balaban J connectivity index is 1.39. The van der Waals surface area contributed by atoms with Crippen LogP contribution in [0.5, 0.6) is 0 Å². The molecule has 20 heavy (non-hydrogen) atoms. The normalized spacial score (nSPS) is 38.0. The van der Waals surface area contributed by atoms with Crippen molar-refractivity contribution in [1.29, 1.82) is 0 Å². The number of anilines is 2. The highest BCUT2D eigenvalue weighted by Crippen LogP contribution is 2.56. The molecular weight excluding hydrogens is 248 g/mol. The van der Waals surface area contributed by atoms with E-state index in [9.17, 15) is 0 Å². The highest BCUT2D eigenvalue weighted by Gasteiger charge is 2.47. The van der Waals surface area contributed by atoms with Crippen LogP contribution >= 0.6 is 0 Å². The predicted octanol–water partition coefficient (Wildman–Crippen LogP) is 2.85. The molecule has 1 aromatic rings. The first-order valence-corrected chi connectivity index (χ1v) is 7.98. The maximum absolute atomic E-state index is 5.36. The van der Waals surface area contributed by atoms with E-state index in [2.05, 4.69) is 15.7 Å². The van der Waals surface area contributed by atoms with Gasteiger partial charge in [0, 0.05) is 6.54 Å². The molecule has 0 unspecified atom stereocenters. The molecular formula is C16H24N4. The number of aromatic nitrogens is 1. The van der Waals surface area contributed by atoms with Crippen LogP contribution in [0, 0.1) is 29.6 Å². The van der Waals surface area contributed by atoms with E-state index in [4.69, 9.17) is 5.84 Å². The monoisotopic (exact) mass is 272 g/mol. The van der Waals surface area contributed by atoms with E-state index >= 15 is 0 Å². The van der Waals surface area contributed by atoms with E-state index in [0.29, 0.717) is 0 Å². The molecule has 4 saturated carbocycles. The van der Waals surface area contributed by atoms with Gasteiger partial charge in [-0.2, -0.15) is 0 Å². The van der Waals surface area contributed by atoms with Gasteiger partial charge >= 0.3 is 0 Å². The summed E-state index contributed by atoms with van der Waals surface area (Å²) < 4.78 is 0. The highest BCUT2D eigenvalue weighted by molar-refractivity contribution is 5.46. The SMILES string of the molecule is NNc1ccc(NCC2C3CC4CC(C3)CC2C4)nc1. The lowest BCUT2D eigenvalue weighted by atomic mass is 9.52. The summed E-state index contributed by atoms with van der Waals surface area (Å²) >= 11 is 0. The highest BCUT2D eigenvalue weighted by atomic mass is 15.2. The standard InChI is InChI=1S/C16H24N4/c17-20-14-1-2-16(18-8-14)19-9-15-12-4-10-3-11(6-12)7-13(15)5-10/h1-2,8,10-13,15,20H,3-7,9,17H2,(H,18,19). The first kappa shape index (κ1) is 12.5. The molecule has 4 N–H and O–H groups in total. The van der Waals surface area contributed by atoms with Crippen LogP contribution in [-0.2, 0) is 0 Å². The molecule has 0 aliphatic heterocycles. The molecule has 108 valence electrons. The third kappa shape index (κ3) is 2.16. The minimum absolute atomic E-state index is 0.852. The van der Waals surface area contributed by atoms with Gasteiger partial charge in [-0.05, 0) is 73.8 Å². The van der Waals surface area contributed by atoms with Crippen LogP contribution in [0.25, 0.3) is 0 Å². The molecule has 4 heteroatoms. The molecule has 0 radical (unpaired) electrons. The van der Waals surface area contributed by atoms with Crippen molar-refractivity contribution < 1.29 is 0 Å². The number of nitrogen functional groups attached to an aromatic ring is 1. The topological polar surface area (TPSA) is 63.0 Å². The summed E-state index contributed by atoms with van der Waals surface area (Å²) in [6.45, 7) is 1.09. The zero-order valence-corrected chi connectivity index (χ0v) is 11.9. The Morgan fingerprint density at radius 3 is 2.30 bits per heavy atom. The Bertz CT molecular complexity index is 442. The molecule has 4 aliphatic carbocycles. The largest absolute Gasteiger partial charge is 0.370 e. The molecule has 1 aromatic heterocycles. The number of pyridine rings is 1. The van der Waals surface area contributed by atoms with Gasteiger partial charge in [-0.15, -0.1) is 0 Å². The fourth-order valence-corrected chi connectivity index (χ4v) is 5.18. The van der Waals surface area contributed by atoms with Gasteiger partial charge in [0.25, 0.3) is 0 Å². The van der Waals surface area contributed by atoms with Crippen molar-refractivity contribution in [2.45, 2.75) is 32.1 Å². The average Bonchev–Trinajstić information content (AvgIpc) is 2.46. The van der Waals surface area contributed by atoms with Crippen molar-refractivity contribution in [3.63, 3.8) is 0 Å². The van der Waals surface area contributed by atoms with Gasteiger partial charge < -0.3 is 10.7 Å². The predicted molar refractivity (Wildman–Crippen MR) is 81.1 cm³/mol. The van der Waals surface area contributed by atoms with Gasteiger partial charge in [-0.1, -0.05) is 0 Å². The Kier molecular flexibility index (Phi) is 3.06. The third-order valence-corrected chi connectivity index (χ3v) is 5.87. The summed E-state index contributed by atoms with van der Waals surface area (Å²) in [6, 6.07) is 3.97. The van der Waals surface area contributed by atoms with E-state index < -0.39 is 0 Å². The summed E-state index contributed by atoms with van der Waals surface area (Å²) in [5, 5.41) is 3.54. The number of rotatable bonds is 4. The zero-order chi connectivity index (χ0) is 13.5. The summed E-state index contributed by atoms with van der Waals surface area (Å²) in [7, 11) is 0. The lowest BCUT2D eigenvalue weighted by molar-refractivity contribution is -0.0305. The lowest BCUT2D eigenvalue weighted by Crippen LogP contribution is -2.47.